The summed E-state index contributed by atoms with van der Waals surface area (Å²) >= 11 is 4.00. The Hall–Kier alpha value is -1.85. The van der Waals surface area contributed by atoms with E-state index in [0.717, 1.165) is 0 Å². The Morgan fingerprint density at radius 1 is 0.938 bits per heavy atom. The fraction of sp³-hybridized carbons (Fsp3) is 0.810. The van der Waals surface area contributed by atoms with Crippen LogP contribution >= 0.6 is 12.6 Å². The van der Waals surface area contributed by atoms with Gasteiger partial charge in [0.2, 0.25) is 17.7 Å². The third-order valence-electron chi connectivity index (χ3n) is 5.23. The maximum atomic E-state index is 13.0. The van der Waals surface area contributed by atoms with E-state index >= 15 is 0 Å². The number of aliphatic carboxylic acids is 1. The first kappa shape index (κ1) is 30.1. The number of hydrogen-bond acceptors (Lipinski definition) is 7. The van der Waals surface area contributed by atoms with E-state index in [1.54, 1.807) is 6.92 Å². The lowest BCUT2D eigenvalue weighted by Crippen LogP contribution is -2.58. The van der Waals surface area contributed by atoms with Crippen LogP contribution in [0.1, 0.15) is 59.8 Å². The molecule has 0 saturated carbocycles. The van der Waals surface area contributed by atoms with Crippen LogP contribution in [0.5, 0.6) is 0 Å². The maximum Gasteiger partial charge on any atom is 0.326 e. The zero-order chi connectivity index (χ0) is 24.8. The summed E-state index contributed by atoms with van der Waals surface area (Å²) in [5.41, 5.74) is 11.2. The number of unbranched alkanes of at least 4 members (excludes halogenated alkanes) is 1. The number of carboxylic acid groups (broad SMARTS) is 1. The van der Waals surface area contributed by atoms with Crippen molar-refractivity contribution in [2.75, 3.05) is 12.3 Å². The summed E-state index contributed by atoms with van der Waals surface area (Å²) in [5.74, 6) is -2.82. The van der Waals surface area contributed by atoms with Gasteiger partial charge in [-0.1, -0.05) is 34.1 Å². The van der Waals surface area contributed by atoms with Gasteiger partial charge in [0.05, 0.1) is 6.04 Å². The summed E-state index contributed by atoms with van der Waals surface area (Å²) in [4.78, 5) is 49.7. The van der Waals surface area contributed by atoms with E-state index < -0.39 is 47.9 Å². The Labute approximate surface area is 196 Å². The molecule has 0 aromatic carbocycles. The van der Waals surface area contributed by atoms with Crippen molar-refractivity contribution >= 4 is 36.3 Å². The summed E-state index contributed by atoms with van der Waals surface area (Å²) in [6.45, 7) is 7.83. The lowest BCUT2D eigenvalue weighted by Gasteiger charge is -2.28. The normalized spacial score (nSPS) is 15.9. The van der Waals surface area contributed by atoms with Gasteiger partial charge in [-0.25, -0.2) is 4.79 Å². The molecule has 0 aliphatic heterocycles. The molecule has 11 heteroatoms. The molecule has 0 rings (SSSR count). The highest BCUT2D eigenvalue weighted by molar-refractivity contribution is 7.80. The quantitative estimate of drug-likeness (QED) is 0.121. The smallest absolute Gasteiger partial charge is 0.326 e. The second-order valence-corrected chi connectivity index (χ2v) is 8.90. The molecule has 0 saturated heterocycles. The van der Waals surface area contributed by atoms with E-state index in [2.05, 4.69) is 28.6 Å². The van der Waals surface area contributed by atoms with Crippen LogP contribution in [-0.4, -0.2) is 65.3 Å². The average molecular weight is 476 g/mol. The number of amides is 3. The molecule has 3 amide bonds. The summed E-state index contributed by atoms with van der Waals surface area (Å²) in [6.07, 6.45) is 2.44. The Morgan fingerprint density at radius 3 is 2.00 bits per heavy atom. The molecule has 0 aliphatic rings. The predicted octanol–water partition coefficient (Wildman–Crippen LogP) is 0.00370. The van der Waals surface area contributed by atoms with Crippen LogP contribution < -0.4 is 27.4 Å². The molecule has 186 valence electrons. The molecule has 32 heavy (non-hydrogen) atoms. The SMILES string of the molecule is CCC(C)C(NC(=O)C(CCCCN)NC(=O)C(N)CS)C(=O)NC(CC(C)C)C(=O)O. The molecule has 0 bridgehead atoms. The van der Waals surface area contributed by atoms with Gasteiger partial charge in [-0.05, 0) is 44.1 Å². The Morgan fingerprint density at radius 2 is 1.53 bits per heavy atom. The highest BCUT2D eigenvalue weighted by atomic mass is 32.1. The van der Waals surface area contributed by atoms with E-state index in [1.165, 1.54) is 0 Å². The maximum absolute atomic E-state index is 13.0. The van der Waals surface area contributed by atoms with Crippen LogP contribution in [-0.2, 0) is 19.2 Å². The molecular formula is C21H41N5O5S. The van der Waals surface area contributed by atoms with E-state index in [0.29, 0.717) is 32.2 Å². The largest absolute Gasteiger partial charge is 0.480 e. The highest BCUT2D eigenvalue weighted by Gasteiger charge is 2.32. The zero-order valence-electron chi connectivity index (χ0n) is 19.6. The van der Waals surface area contributed by atoms with Crippen LogP contribution in [0.3, 0.4) is 0 Å². The molecule has 0 radical (unpaired) electrons. The van der Waals surface area contributed by atoms with Crippen molar-refractivity contribution < 1.29 is 24.3 Å². The molecule has 8 N–H and O–H groups in total. The molecule has 0 aliphatic carbocycles. The van der Waals surface area contributed by atoms with E-state index in [4.69, 9.17) is 11.5 Å². The van der Waals surface area contributed by atoms with Gasteiger partial charge < -0.3 is 32.5 Å². The molecule has 5 atom stereocenters. The summed E-state index contributed by atoms with van der Waals surface area (Å²) in [5, 5.41) is 17.3. The standard InChI is InChI=1S/C21H41N5O5S/c1-5-13(4)17(20(29)25-16(21(30)31)10-12(2)3)26-19(28)15(8-6-7-9-22)24-18(27)14(23)11-32/h12-17,32H,5-11,22-23H2,1-4H3,(H,24,27)(H,25,29)(H,26,28)(H,30,31). The van der Waals surface area contributed by atoms with Gasteiger partial charge >= 0.3 is 5.97 Å². The van der Waals surface area contributed by atoms with Crippen molar-refractivity contribution in [2.45, 2.75) is 84.0 Å². The third kappa shape index (κ3) is 11.1. The number of rotatable bonds is 16. The summed E-state index contributed by atoms with van der Waals surface area (Å²) in [7, 11) is 0. The van der Waals surface area contributed by atoms with E-state index in [1.807, 2.05) is 20.8 Å². The van der Waals surface area contributed by atoms with Crippen LogP contribution in [0.25, 0.3) is 0 Å². The van der Waals surface area contributed by atoms with Crippen molar-refractivity contribution in [2.24, 2.45) is 23.3 Å². The second kappa shape index (κ2) is 15.9. The molecule has 0 aromatic rings. The van der Waals surface area contributed by atoms with Crippen molar-refractivity contribution in [1.82, 2.24) is 16.0 Å². The Bertz CT molecular complexity index is 619. The highest BCUT2D eigenvalue weighted by Crippen LogP contribution is 2.12. The summed E-state index contributed by atoms with van der Waals surface area (Å²) in [6, 6.07) is -3.78. The van der Waals surface area contributed by atoms with Crippen LogP contribution in [0.15, 0.2) is 0 Å². The second-order valence-electron chi connectivity index (χ2n) is 8.54. The molecule has 0 fully saturated rings. The average Bonchev–Trinajstić information content (AvgIpc) is 2.74. The predicted molar refractivity (Wildman–Crippen MR) is 127 cm³/mol. The number of carbonyl (C=O) groups is 4. The number of carbonyl (C=O) groups excluding carboxylic acids is 3. The van der Waals surface area contributed by atoms with Crippen LogP contribution in [0, 0.1) is 11.8 Å². The first-order valence-electron chi connectivity index (χ1n) is 11.2. The number of hydrogen-bond donors (Lipinski definition) is 7. The summed E-state index contributed by atoms with van der Waals surface area (Å²) < 4.78 is 0. The van der Waals surface area contributed by atoms with E-state index in [9.17, 15) is 24.3 Å². The lowest BCUT2D eigenvalue weighted by atomic mass is 9.96. The number of carboxylic acids is 1. The Kier molecular flexibility index (Phi) is 15.0. The van der Waals surface area contributed by atoms with Gasteiger partial charge in [-0.15, -0.1) is 0 Å². The topological polar surface area (TPSA) is 177 Å². The molecule has 10 nitrogen and oxygen atoms in total. The Balaban J connectivity index is 5.50. The van der Waals surface area contributed by atoms with Gasteiger partial charge in [0, 0.05) is 5.75 Å². The third-order valence-corrected chi connectivity index (χ3v) is 5.62. The van der Waals surface area contributed by atoms with Gasteiger partial charge in [0.25, 0.3) is 0 Å². The monoisotopic (exact) mass is 475 g/mol. The van der Waals surface area contributed by atoms with Crippen molar-refractivity contribution in [1.29, 1.82) is 0 Å². The van der Waals surface area contributed by atoms with Gasteiger partial charge in [0.1, 0.15) is 18.1 Å². The number of thiol groups is 1. The van der Waals surface area contributed by atoms with Crippen molar-refractivity contribution in [3.05, 3.63) is 0 Å². The van der Waals surface area contributed by atoms with Gasteiger partial charge in [-0.2, -0.15) is 12.6 Å². The lowest BCUT2D eigenvalue weighted by molar-refractivity contribution is -0.143. The van der Waals surface area contributed by atoms with Crippen molar-refractivity contribution in [3.8, 4) is 0 Å². The van der Waals surface area contributed by atoms with E-state index in [-0.39, 0.29) is 24.0 Å². The molecule has 0 spiro atoms. The van der Waals surface area contributed by atoms with Gasteiger partial charge in [0.15, 0.2) is 0 Å². The first-order chi connectivity index (χ1) is 15.0. The van der Waals surface area contributed by atoms with Crippen LogP contribution in [0.4, 0.5) is 0 Å². The van der Waals surface area contributed by atoms with Gasteiger partial charge in [-0.3, -0.25) is 14.4 Å². The molecule has 5 unspecified atom stereocenters. The minimum absolute atomic E-state index is 0.0613. The molecule has 0 heterocycles. The molecular weight excluding hydrogens is 434 g/mol. The number of nitrogens with one attached hydrogen (secondary N) is 3. The van der Waals surface area contributed by atoms with Crippen LogP contribution in [0.2, 0.25) is 0 Å². The fourth-order valence-electron chi connectivity index (χ4n) is 3.03. The van der Waals surface area contributed by atoms with Crippen molar-refractivity contribution in [3.63, 3.8) is 0 Å². The fourth-order valence-corrected chi connectivity index (χ4v) is 3.20. The number of nitrogens with two attached hydrogens (primary N) is 2. The zero-order valence-corrected chi connectivity index (χ0v) is 20.5. The first-order valence-corrected chi connectivity index (χ1v) is 11.8. The molecule has 0 aromatic heterocycles. The minimum atomic E-state index is -1.13. The minimum Gasteiger partial charge on any atom is -0.480 e.